The summed E-state index contributed by atoms with van der Waals surface area (Å²) in [5, 5.41) is 3.70. The van der Waals surface area contributed by atoms with E-state index < -0.39 is 0 Å². The first-order valence-electron chi connectivity index (χ1n) is 7.96. The van der Waals surface area contributed by atoms with Gasteiger partial charge in [-0.3, -0.25) is 0 Å². The molecule has 0 radical (unpaired) electrons. The van der Waals surface area contributed by atoms with Crippen molar-refractivity contribution in [2.24, 2.45) is 11.8 Å². The number of hydrogen-bond donors (Lipinski definition) is 1. The standard InChI is InChI=1S/C17H25NO2/c1-3-19-16-8-7-14(11-17(16)20-4-2)18-15-10-12-5-6-13(15)9-12/h7-8,11-13,15,18H,3-6,9-10H2,1-2H3. The van der Waals surface area contributed by atoms with Crippen molar-refractivity contribution in [1.82, 2.24) is 0 Å². The Hall–Kier alpha value is -1.38. The van der Waals surface area contributed by atoms with Crippen LogP contribution in [0.25, 0.3) is 0 Å². The van der Waals surface area contributed by atoms with Crippen LogP contribution in [-0.4, -0.2) is 19.3 Å². The number of fused-ring (bicyclic) bond motifs is 2. The van der Waals surface area contributed by atoms with E-state index in [0.29, 0.717) is 19.3 Å². The summed E-state index contributed by atoms with van der Waals surface area (Å²) in [7, 11) is 0. The van der Waals surface area contributed by atoms with Crippen molar-refractivity contribution in [3.8, 4) is 11.5 Å². The quantitative estimate of drug-likeness (QED) is 0.848. The molecular formula is C17H25NO2. The summed E-state index contributed by atoms with van der Waals surface area (Å²) in [6, 6.07) is 6.87. The van der Waals surface area contributed by atoms with Crippen LogP contribution in [0.2, 0.25) is 0 Å². The summed E-state index contributed by atoms with van der Waals surface area (Å²) in [6.07, 6.45) is 5.60. The molecule has 1 N–H and O–H groups in total. The van der Waals surface area contributed by atoms with Gasteiger partial charge in [0.25, 0.3) is 0 Å². The molecule has 1 aromatic rings. The van der Waals surface area contributed by atoms with Crippen LogP contribution in [0.5, 0.6) is 11.5 Å². The molecule has 0 amide bonds. The summed E-state index contributed by atoms with van der Waals surface area (Å²) in [6.45, 7) is 5.33. The zero-order chi connectivity index (χ0) is 13.9. The number of anilines is 1. The van der Waals surface area contributed by atoms with Gasteiger partial charge in [0.2, 0.25) is 0 Å². The molecule has 0 saturated heterocycles. The molecule has 20 heavy (non-hydrogen) atoms. The van der Waals surface area contributed by atoms with E-state index in [1.807, 2.05) is 19.9 Å². The number of nitrogens with one attached hydrogen (secondary N) is 1. The number of rotatable bonds is 6. The predicted octanol–water partition coefficient (Wildman–Crippen LogP) is 4.08. The predicted molar refractivity (Wildman–Crippen MR) is 81.6 cm³/mol. The van der Waals surface area contributed by atoms with Crippen molar-refractivity contribution < 1.29 is 9.47 Å². The Kier molecular flexibility index (Phi) is 4.04. The zero-order valence-electron chi connectivity index (χ0n) is 12.5. The lowest BCUT2D eigenvalue weighted by Crippen LogP contribution is -2.25. The molecule has 0 aromatic heterocycles. The Balaban J connectivity index is 1.71. The Labute approximate surface area is 121 Å². The summed E-state index contributed by atoms with van der Waals surface area (Å²) in [5.74, 6) is 3.53. The minimum absolute atomic E-state index is 0.654. The van der Waals surface area contributed by atoms with Crippen LogP contribution in [0.1, 0.15) is 39.5 Å². The van der Waals surface area contributed by atoms with E-state index in [0.717, 1.165) is 29.0 Å². The minimum atomic E-state index is 0.654. The molecule has 3 rings (SSSR count). The summed E-state index contributed by atoms with van der Waals surface area (Å²) < 4.78 is 11.3. The number of hydrogen-bond acceptors (Lipinski definition) is 3. The highest BCUT2D eigenvalue weighted by Crippen LogP contribution is 2.45. The van der Waals surface area contributed by atoms with Crippen molar-refractivity contribution in [2.75, 3.05) is 18.5 Å². The van der Waals surface area contributed by atoms with Gasteiger partial charge in [0.1, 0.15) is 0 Å². The first-order chi connectivity index (χ1) is 9.80. The Morgan fingerprint density at radius 1 is 1.05 bits per heavy atom. The van der Waals surface area contributed by atoms with E-state index in [-0.39, 0.29) is 0 Å². The number of ether oxygens (including phenoxy) is 2. The fourth-order valence-electron chi connectivity index (χ4n) is 3.78. The van der Waals surface area contributed by atoms with E-state index in [2.05, 4.69) is 17.4 Å². The molecule has 110 valence electrons. The third kappa shape index (κ3) is 2.72. The van der Waals surface area contributed by atoms with Gasteiger partial charge in [0, 0.05) is 17.8 Å². The molecule has 0 aliphatic heterocycles. The van der Waals surface area contributed by atoms with Gasteiger partial charge in [-0.25, -0.2) is 0 Å². The maximum absolute atomic E-state index is 5.69. The summed E-state index contributed by atoms with van der Waals surface area (Å²) >= 11 is 0. The maximum atomic E-state index is 5.69. The largest absolute Gasteiger partial charge is 0.490 e. The van der Waals surface area contributed by atoms with E-state index in [1.54, 1.807) is 0 Å². The van der Waals surface area contributed by atoms with Gasteiger partial charge in [-0.1, -0.05) is 6.42 Å². The molecule has 2 aliphatic rings. The molecule has 3 heteroatoms. The molecule has 1 aromatic carbocycles. The third-order valence-electron chi connectivity index (χ3n) is 4.63. The van der Waals surface area contributed by atoms with Gasteiger partial charge in [-0.05, 0) is 57.1 Å². The van der Waals surface area contributed by atoms with Gasteiger partial charge in [-0.15, -0.1) is 0 Å². The van der Waals surface area contributed by atoms with Crippen LogP contribution in [0.15, 0.2) is 18.2 Å². The van der Waals surface area contributed by atoms with Gasteiger partial charge in [-0.2, -0.15) is 0 Å². The van der Waals surface area contributed by atoms with Crippen LogP contribution in [0.3, 0.4) is 0 Å². The molecule has 2 fully saturated rings. The topological polar surface area (TPSA) is 30.5 Å². The molecule has 0 spiro atoms. The van der Waals surface area contributed by atoms with Gasteiger partial charge < -0.3 is 14.8 Å². The second kappa shape index (κ2) is 5.94. The van der Waals surface area contributed by atoms with Crippen LogP contribution in [0.4, 0.5) is 5.69 Å². The molecule has 3 unspecified atom stereocenters. The van der Waals surface area contributed by atoms with Crippen molar-refractivity contribution in [3.63, 3.8) is 0 Å². The Bertz CT molecular complexity index is 460. The normalized spacial score (nSPS) is 27.6. The minimum Gasteiger partial charge on any atom is -0.490 e. The van der Waals surface area contributed by atoms with Gasteiger partial charge in [0.05, 0.1) is 13.2 Å². The monoisotopic (exact) mass is 275 g/mol. The average molecular weight is 275 g/mol. The van der Waals surface area contributed by atoms with Gasteiger partial charge in [0.15, 0.2) is 11.5 Å². The fourth-order valence-corrected chi connectivity index (χ4v) is 3.78. The third-order valence-corrected chi connectivity index (χ3v) is 4.63. The second-order valence-electron chi connectivity index (χ2n) is 5.95. The van der Waals surface area contributed by atoms with Crippen molar-refractivity contribution >= 4 is 5.69 Å². The van der Waals surface area contributed by atoms with Gasteiger partial charge >= 0.3 is 0 Å². The summed E-state index contributed by atoms with van der Waals surface area (Å²) in [5.41, 5.74) is 1.16. The van der Waals surface area contributed by atoms with E-state index >= 15 is 0 Å². The molecule has 0 heterocycles. The SMILES string of the molecule is CCOc1ccc(NC2CC3CCC2C3)cc1OCC. The van der Waals surface area contributed by atoms with E-state index in [1.165, 1.54) is 25.7 Å². The van der Waals surface area contributed by atoms with E-state index in [9.17, 15) is 0 Å². The highest BCUT2D eigenvalue weighted by atomic mass is 16.5. The highest BCUT2D eigenvalue weighted by Gasteiger charge is 2.39. The van der Waals surface area contributed by atoms with Crippen molar-refractivity contribution in [3.05, 3.63) is 18.2 Å². The maximum Gasteiger partial charge on any atom is 0.163 e. The average Bonchev–Trinajstić information content (AvgIpc) is 3.04. The zero-order valence-corrected chi connectivity index (χ0v) is 12.5. The Morgan fingerprint density at radius 2 is 1.85 bits per heavy atom. The molecule has 2 bridgehead atoms. The first-order valence-corrected chi connectivity index (χ1v) is 7.96. The molecule has 2 aliphatic carbocycles. The van der Waals surface area contributed by atoms with Crippen molar-refractivity contribution in [2.45, 2.75) is 45.6 Å². The lowest BCUT2D eigenvalue weighted by molar-refractivity contribution is 0.288. The molecule has 3 atom stereocenters. The van der Waals surface area contributed by atoms with Crippen LogP contribution in [0, 0.1) is 11.8 Å². The molecular weight excluding hydrogens is 250 g/mol. The van der Waals surface area contributed by atoms with Crippen LogP contribution < -0.4 is 14.8 Å². The molecule has 2 saturated carbocycles. The first kappa shape index (κ1) is 13.6. The lowest BCUT2D eigenvalue weighted by atomic mass is 9.95. The lowest BCUT2D eigenvalue weighted by Gasteiger charge is -2.24. The highest BCUT2D eigenvalue weighted by molar-refractivity contribution is 5.55. The van der Waals surface area contributed by atoms with Crippen molar-refractivity contribution in [1.29, 1.82) is 0 Å². The van der Waals surface area contributed by atoms with Crippen LogP contribution >= 0.6 is 0 Å². The fraction of sp³-hybridized carbons (Fsp3) is 0.647. The smallest absolute Gasteiger partial charge is 0.163 e. The summed E-state index contributed by atoms with van der Waals surface area (Å²) in [4.78, 5) is 0. The Morgan fingerprint density at radius 3 is 2.50 bits per heavy atom. The number of benzene rings is 1. The second-order valence-corrected chi connectivity index (χ2v) is 5.95. The van der Waals surface area contributed by atoms with Crippen LogP contribution in [-0.2, 0) is 0 Å². The van der Waals surface area contributed by atoms with E-state index in [4.69, 9.17) is 9.47 Å². The molecule has 3 nitrogen and oxygen atoms in total.